The van der Waals surface area contributed by atoms with E-state index in [1.54, 1.807) is 12.0 Å². The number of benzene rings is 1. The van der Waals surface area contributed by atoms with Crippen LogP contribution in [0.15, 0.2) is 29.2 Å². The molecule has 1 saturated heterocycles. The van der Waals surface area contributed by atoms with Gasteiger partial charge in [0.15, 0.2) is 0 Å². The van der Waals surface area contributed by atoms with Crippen LogP contribution >= 0.6 is 24.0 Å². The van der Waals surface area contributed by atoms with Crippen LogP contribution in [-0.2, 0) is 9.53 Å². The number of hydrogen-bond acceptors (Lipinski definition) is 5. The summed E-state index contributed by atoms with van der Waals surface area (Å²) in [6, 6.07) is 7.66. The Hall–Kier alpha value is -1.37. The van der Waals surface area contributed by atoms with E-state index in [-0.39, 0.29) is 5.91 Å². The minimum atomic E-state index is -0.0278. The molecule has 1 aromatic carbocycles. The molecule has 0 unspecified atom stereocenters. The summed E-state index contributed by atoms with van der Waals surface area (Å²) in [5.74, 6) is 0.798. The minimum Gasteiger partial charge on any atom is -0.494 e. The predicted molar refractivity (Wildman–Crippen MR) is 94.0 cm³/mol. The van der Waals surface area contributed by atoms with Crippen LogP contribution in [0.1, 0.15) is 18.9 Å². The van der Waals surface area contributed by atoms with E-state index in [2.05, 4.69) is 0 Å². The van der Waals surface area contributed by atoms with Crippen molar-refractivity contribution in [1.82, 2.24) is 4.90 Å². The molecule has 4 nitrogen and oxygen atoms in total. The lowest BCUT2D eigenvalue weighted by molar-refractivity contribution is -0.122. The number of ether oxygens (including phenoxy) is 2. The van der Waals surface area contributed by atoms with Crippen LogP contribution in [0.3, 0.4) is 0 Å². The normalized spacial score (nSPS) is 16.6. The first-order valence-electron chi connectivity index (χ1n) is 7.13. The molecular weight excluding hydrogens is 318 g/mol. The van der Waals surface area contributed by atoms with Crippen LogP contribution in [0.2, 0.25) is 0 Å². The van der Waals surface area contributed by atoms with Gasteiger partial charge < -0.3 is 9.47 Å². The van der Waals surface area contributed by atoms with Gasteiger partial charge in [-0.1, -0.05) is 36.1 Å². The lowest BCUT2D eigenvalue weighted by Crippen LogP contribution is -2.29. The van der Waals surface area contributed by atoms with E-state index in [1.165, 1.54) is 11.8 Å². The molecule has 1 fully saturated rings. The Morgan fingerprint density at radius 3 is 2.68 bits per heavy atom. The van der Waals surface area contributed by atoms with Crippen LogP contribution in [0.4, 0.5) is 0 Å². The molecule has 1 aliphatic heterocycles. The largest absolute Gasteiger partial charge is 0.494 e. The van der Waals surface area contributed by atoms with E-state index in [0.717, 1.165) is 17.7 Å². The molecule has 0 bridgehead atoms. The Bertz CT molecular complexity index is 569. The van der Waals surface area contributed by atoms with Gasteiger partial charge in [0.2, 0.25) is 0 Å². The first-order valence-corrected chi connectivity index (χ1v) is 8.35. The number of amides is 1. The third-order valence-electron chi connectivity index (χ3n) is 3.09. The van der Waals surface area contributed by atoms with Gasteiger partial charge in [-0.15, -0.1) is 0 Å². The van der Waals surface area contributed by atoms with Crippen molar-refractivity contribution in [1.29, 1.82) is 0 Å². The van der Waals surface area contributed by atoms with E-state index >= 15 is 0 Å². The topological polar surface area (TPSA) is 38.8 Å². The fourth-order valence-corrected chi connectivity index (χ4v) is 3.35. The highest BCUT2D eigenvalue weighted by Gasteiger charge is 2.31. The van der Waals surface area contributed by atoms with Crippen molar-refractivity contribution < 1.29 is 14.3 Å². The Labute approximate surface area is 140 Å². The van der Waals surface area contributed by atoms with Crippen molar-refractivity contribution in [3.63, 3.8) is 0 Å². The van der Waals surface area contributed by atoms with Crippen molar-refractivity contribution in [3.05, 3.63) is 34.7 Å². The van der Waals surface area contributed by atoms with Crippen molar-refractivity contribution in [2.75, 3.05) is 26.9 Å². The second-order valence-electron chi connectivity index (χ2n) is 4.68. The highest BCUT2D eigenvalue weighted by atomic mass is 32.2. The van der Waals surface area contributed by atoms with Gasteiger partial charge in [0.1, 0.15) is 10.1 Å². The molecule has 6 heteroatoms. The molecule has 0 radical (unpaired) electrons. The summed E-state index contributed by atoms with van der Waals surface area (Å²) in [6.07, 6.45) is 2.64. The average Bonchev–Trinajstić information content (AvgIpc) is 2.77. The third-order valence-corrected chi connectivity index (χ3v) is 4.47. The molecule has 1 aromatic rings. The number of carbonyl (C=O) groups excluding carboxylic acids is 1. The summed E-state index contributed by atoms with van der Waals surface area (Å²) in [5.41, 5.74) is 0.959. The number of methoxy groups -OCH3 is 1. The molecule has 0 spiro atoms. The van der Waals surface area contributed by atoms with E-state index in [0.29, 0.717) is 29.0 Å². The molecule has 1 aliphatic rings. The van der Waals surface area contributed by atoms with E-state index in [4.69, 9.17) is 21.7 Å². The van der Waals surface area contributed by atoms with Gasteiger partial charge in [0.05, 0.1) is 11.5 Å². The Morgan fingerprint density at radius 2 is 2.05 bits per heavy atom. The minimum absolute atomic E-state index is 0.0278. The average molecular weight is 337 g/mol. The SMILES string of the molecule is CCOc1ccc(/C=C2\SC(=S)N(CCCOC)C2=O)cc1. The van der Waals surface area contributed by atoms with Crippen molar-refractivity contribution in [2.24, 2.45) is 0 Å². The molecule has 0 aliphatic carbocycles. The number of nitrogens with zero attached hydrogens (tertiary/aromatic N) is 1. The van der Waals surface area contributed by atoms with Gasteiger partial charge >= 0.3 is 0 Å². The Kier molecular flexibility index (Phi) is 6.42. The van der Waals surface area contributed by atoms with Crippen molar-refractivity contribution >= 4 is 40.3 Å². The number of hydrogen-bond donors (Lipinski definition) is 0. The van der Waals surface area contributed by atoms with Crippen molar-refractivity contribution in [2.45, 2.75) is 13.3 Å². The number of thioether (sulfide) groups is 1. The molecule has 0 N–H and O–H groups in total. The van der Waals surface area contributed by atoms with E-state index in [1.807, 2.05) is 37.3 Å². The Morgan fingerprint density at radius 1 is 1.32 bits per heavy atom. The van der Waals surface area contributed by atoms with Gasteiger partial charge in [-0.25, -0.2) is 0 Å². The summed E-state index contributed by atoms with van der Waals surface area (Å²) in [4.78, 5) is 14.7. The molecule has 0 atom stereocenters. The second kappa shape index (κ2) is 8.31. The maximum Gasteiger partial charge on any atom is 0.266 e. The quantitative estimate of drug-likeness (QED) is 0.433. The van der Waals surface area contributed by atoms with Gasteiger partial charge in [0.25, 0.3) is 5.91 Å². The fourth-order valence-electron chi connectivity index (χ4n) is 2.04. The van der Waals surface area contributed by atoms with Gasteiger partial charge in [-0.2, -0.15) is 0 Å². The molecule has 118 valence electrons. The maximum absolute atomic E-state index is 12.4. The zero-order valence-corrected chi connectivity index (χ0v) is 14.3. The van der Waals surface area contributed by atoms with Crippen LogP contribution in [-0.4, -0.2) is 42.0 Å². The molecule has 0 aromatic heterocycles. The summed E-state index contributed by atoms with van der Waals surface area (Å²) in [5, 5.41) is 0. The van der Waals surface area contributed by atoms with Gasteiger partial charge in [-0.05, 0) is 37.1 Å². The summed E-state index contributed by atoms with van der Waals surface area (Å²) >= 11 is 6.63. The zero-order chi connectivity index (χ0) is 15.9. The molecule has 1 amide bonds. The smallest absolute Gasteiger partial charge is 0.266 e. The van der Waals surface area contributed by atoms with Gasteiger partial charge in [-0.3, -0.25) is 9.69 Å². The number of carbonyl (C=O) groups is 1. The van der Waals surface area contributed by atoms with Crippen LogP contribution < -0.4 is 4.74 Å². The highest BCUT2D eigenvalue weighted by Crippen LogP contribution is 2.32. The monoisotopic (exact) mass is 337 g/mol. The first kappa shape index (κ1) is 17.0. The maximum atomic E-state index is 12.4. The summed E-state index contributed by atoms with van der Waals surface area (Å²) in [6.45, 7) is 3.80. The molecule has 2 rings (SSSR count). The Balaban J connectivity index is 2.05. The highest BCUT2D eigenvalue weighted by molar-refractivity contribution is 8.26. The van der Waals surface area contributed by atoms with E-state index < -0.39 is 0 Å². The lowest BCUT2D eigenvalue weighted by atomic mass is 10.2. The number of thiocarbonyl (C=S) groups is 1. The summed E-state index contributed by atoms with van der Waals surface area (Å²) in [7, 11) is 1.65. The van der Waals surface area contributed by atoms with Crippen LogP contribution in [0, 0.1) is 0 Å². The van der Waals surface area contributed by atoms with Crippen LogP contribution in [0.25, 0.3) is 6.08 Å². The van der Waals surface area contributed by atoms with Crippen LogP contribution in [0.5, 0.6) is 5.75 Å². The zero-order valence-electron chi connectivity index (χ0n) is 12.7. The standard InChI is InChI=1S/C16H19NO3S2/c1-3-20-13-7-5-12(6-8-13)11-14-15(18)17(16(21)22-14)9-4-10-19-2/h5-8,11H,3-4,9-10H2,1-2H3/b14-11-. The molecule has 0 saturated carbocycles. The fraction of sp³-hybridized carbons (Fsp3) is 0.375. The molecule has 22 heavy (non-hydrogen) atoms. The van der Waals surface area contributed by atoms with E-state index in [9.17, 15) is 4.79 Å². The third kappa shape index (κ3) is 4.32. The molecule has 1 heterocycles. The van der Waals surface area contributed by atoms with Gasteiger partial charge in [0, 0.05) is 20.3 Å². The lowest BCUT2D eigenvalue weighted by Gasteiger charge is -2.13. The van der Waals surface area contributed by atoms with Crippen molar-refractivity contribution in [3.8, 4) is 5.75 Å². The summed E-state index contributed by atoms with van der Waals surface area (Å²) < 4.78 is 11.0. The first-order chi connectivity index (χ1) is 10.7. The second-order valence-corrected chi connectivity index (χ2v) is 6.36. The molecular formula is C16H19NO3S2. The predicted octanol–water partition coefficient (Wildman–Crippen LogP) is 3.32. The number of rotatable bonds is 7.